The predicted octanol–water partition coefficient (Wildman–Crippen LogP) is -0.0147. The van der Waals surface area contributed by atoms with Gasteiger partial charge in [-0.15, -0.1) is 0 Å². The zero-order chi connectivity index (χ0) is 15.6. The van der Waals surface area contributed by atoms with Crippen molar-refractivity contribution in [3.05, 3.63) is 28.2 Å². The quantitative estimate of drug-likeness (QED) is 0.732. The van der Waals surface area contributed by atoms with Gasteiger partial charge in [-0.1, -0.05) is 29.3 Å². The van der Waals surface area contributed by atoms with E-state index >= 15 is 0 Å². The Bertz CT molecular complexity index is 659. The minimum atomic E-state index is -3.76. The second kappa shape index (κ2) is 8.78. The van der Waals surface area contributed by atoms with E-state index < -0.39 is 16.0 Å². The van der Waals surface area contributed by atoms with Gasteiger partial charge >= 0.3 is 57.4 Å². The molecule has 1 atom stereocenters. The first-order valence-electron chi connectivity index (χ1n) is 6.48. The zero-order valence-electron chi connectivity index (χ0n) is 13.1. The molecule has 1 unspecified atom stereocenters. The van der Waals surface area contributed by atoms with E-state index in [2.05, 4.69) is 0 Å². The summed E-state index contributed by atoms with van der Waals surface area (Å²) in [6, 6.07) is 4.45. The van der Waals surface area contributed by atoms with Crippen LogP contribution in [0.15, 0.2) is 23.1 Å². The molecular weight excluding hydrogens is 376 g/mol. The largest absolute Gasteiger partial charge is 1.00 e. The average Bonchev–Trinajstić information content (AvgIpc) is 2.41. The predicted molar refractivity (Wildman–Crippen MR) is 81.3 cm³/mol. The third-order valence-corrected chi connectivity index (χ3v) is 6.32. The SMILES string of the molecule is O=C(O)CC1CCCN(S(=O)(=O)c2cccc(Cl)c2Cl)C1.[H-].[K+]. The van der Waals surface area contributed by atoms with Gasteiger partial charge in [-0.25, -0.2) is 8.42 Å². The molecule has 118 valence electrons. The molecule has 0 spiro atoms. The second-order valence-electron chi connectivity index (χ2n) is 5.02. The molecule has 1 aliphatic rings. The van der Waals surface area contributed by atoms with Crippen LogP contribution < -0.4 is 51.4 Å². The van der Waals surface area contributed by atoms with E-state index in [4.69, 9.17) is 28.3 Å². The second-order valence-corrected chi connectivity index (χ2v) is 7.71. The molecular formula is C13H16Cl2KNO4S. The Hall–Kier alpha value is 0.816. The van der Waals surface area contributed by atoms with Gasteiger partial charge in [0, 0.05) is 19.5 Å². The molecule has 0 bridgehead atoms. The molecule has 1 heterocycles. The molecule has 1 fully saturated rings. The third-order valence-electron chi connectivity index (χ3n) is 3.48. The number of sulfonamides is 1. The molecule has 0 radical (unpaired) electrons. The summed E-state index contributed by atoms with van der Waals surface area (Å²) in [4.78, 5) is 10.8. The summed E-state index contributed by atoms with van der Waals surface area (Å²) < 4.78 is 26.5. The summed E-state index contributed by atoms with van der Waals surface area (Å²) in [6.45, 7) is 0.554. The average molecular weight is 392 g/mol. The number of piperidine rings is 1. The molecule has 1 aromatic carbocycles. The topological polar surface area (TPSA) is 74.7 Å². The van der Waals surface area contributed by atoms with E-state index in [0.29, 0.717) is 19.4 Å². The summed E-state index contributed by atoms with van der Waals surface area (Å²) >= 11 is 11.8. The van der Waals surface area contributed by atoms with Crippen LogP contribution in [0, 0.1) is 5.92 Å². The Kier molecular flexibility index (Phi) is 8.32. The number of nitrogens with zero attached hydrogens (tertiary/aromatic N) is 1. The van der Waals surface area contributed by atoms with Crippen molar-refractivity contribution in [2.45, 2.75) is 24.2 Å². The van der Waals surface area contributed by atoms with E-state index in [1.165, 1.54) is 22.5 Å². The summed E-state index contributed by atoms with van der Waals surface area (Å²) in [5, 5.41) is 9.02. The van der Waals surface area contributed by atoms with Crippen LogP contribution in [-0.4, -0.2) is 36.9 Å². The Balaban J connectivity index is 0.00000242. The van der Waals surface area contributed by atoms with Crippen LogP contribution in [0.2, 0.25) is 10.0 Å². The Morgan fingerprint density at radius 2 is 2.09 bits per heavy atom. The molecule has 2 rings (SSSR count). The van der Waals surface area contributed by atoms with Gasteiger partial charge in [0.25, 0.3) is 0 Å². The molecule has 22 heavy (non-hydrogen) atoms. The summed E-state index contributed by atoms with van der Waals surface area (Å²) in [5.41, 5.74) is 0. The van der Waals surface area contributed by atoms with E-state index in [9.17, 15) is 13.2 Å². The van der Waals surface area contributed by atoms with Crippen molar-refractivity contribution in [1.82, 2.24) is 4.31 Å². The minimum Gasteiger partial charge on any atom is -1.00 e. The molecule has 0 aliphatic carbocycles. The number of carboxylic acids is 1. The molecule has 5 nitrogen and oxygen atoms in total. The fraction of sp³-hybridized carbons (Fsp3) is 0.462. The van der Waals surface area contributed by atoms with E-state index in [-0.39, 0.29) is 86.6 Å². The van der Waals surface area contributed by atoms with Crippen molar-refractivity contribution in [1.29, 1.82) is 0 Å². The van der Waals surface area contributed by atoms with Crippen molar-refractivity contribution >= 4 is 39.2 Å². The van der Waals surface area contributed by atoms with Crippen molar-refractivity contribution in [2.75, 3.05) is 13.1 Å². The normalized spacial score (nSPS) is 19.5. The Morgan fingerprint density at radius 1 is 1.41 bits per heavy atom. The standard InChI is InChI=1S/C13H15Cl2NO4S.K.H/c14-10-4-1-5-11(13(10)15)21(19,20)16-6-2-3-9(8-16)7-12(17)18;;/h1,4-5,9H,2-3,6-8H2,(H,17,18);;/q;+1;-1. The molecule has 0 saturated carbocycles. The summed E-state index contributed by atoms with van der Waals surface area (Å²) in [6.07, 6.45) is 1.31. The smallest absolute Gasteiger partial charge is 1.00 e. The molecule has 0 aromatic heterocycles. The van der Waals surface area contributed by atoms with Crippen molar-refractivity contribution in [3.8, 4) is 0 Å². The summed E-state index contributed by atoms with van der Waals surface area (Å²) in [7, 11) is -3.76. The van der Waals surface area contributed by atoms with Gasteiger partial charge in [0.05, 0.1) is 10.0 Å². The van der Waals surface area contributed by atoms with Gasteiger partial charge in [-0.2, -0.15) is 4.31 Å². The number of carboxylic acid groups (broad SMARTS) is 1. The van der Waals surface area contributed by atoms with Gasteiger partial charge in [0.2, 0.25) is 10.0 Å². The van der Waals surface area contributed by atoms with Crippen LogP contribution in [-0.2, 0) is 14.8 Å². The fourth-order valence-electron chi connectivity index (χ4n) is 2.48. The van der Waals surface area contributed by atoms with Gasteiger partial charge in [-0.3, -0.25) is 4.79 Å². The molecule has 1 N–H and O–H groups in total. The number of benzene rings is 1. The van der Waals surface area contributed by atoms with E-state index in [0.717, 1.165) is 0 Å². The fourth-order valence-corrected chi connectivity index (χ4v) is 4.77. The third kappa shape index (κ3) is 4.91. The molecule has 9 heteroatoms. The van der Waals surface area contributed by atoms with Crippen LogP contribution in [0.4, 0.5) is 0 Å². The zero-order valence-corrected chi connectivity index (χ0v) is 17.6. The number of carbonyl (C=O) groups is 1. The van der Waals surface area contributed by atoms with Crippen LogP contribution in [0.1, 0.15) is 20.7 Å². The number of hydrogen-bond donors (Lipinski definition) is 1. The van der Waals surface area contributed by atoms with Crippen LogP contribution >= 0.6 is 23.2 Å². The molecule has 1 aromatic rings. The van der Waals surface area contributed by atoms with E-state index in [1.54, 1.807) is 0 Å². The molecule has 0 amide bonds. The minimum absolute atomic E-state index is 0. The molecule has 1 saturated heterocycles. The van der Waals surface area contributed by atoms with E-state index in [1.807, 2.05) is 0 Å². The van der Waals surface area contributed by atoms with Gasteiger partial charge in [0.15, 0.2) is 0 Å². The number of hydrogen-bond acceptors (Lipinski definition) is 3. The molecule has 1 aliphatic heterocycles. The number of rotatable bonds is 4. The maximum Gasteiger partial charge on any atom is 1.00 e. The monoisotopic (exact) mass is 391 g/mol. The maximum atomic E-state index is 12.6. The number of halogens is 2. The van der Waals surface area contributed by atoms with Crippen molar-refractivity contribution in [2.24, 2.45) is 5.92 Å². The van der Waals surface area contributed by atoms with Gasteiger partial charge < -0.3 is 6.53 Å². The maximum absolute atomic E-state index is 12.6. The number of aliphatic carboxylic acids is 1. The van der Waals surface area contributed by atoms with Crippen molar-refractivity contribution < 1.29 is 71.1 Å². The first-order chi connectivity index (χ1) is 9.82. The van der Waals surface area contributed by atoms with Crippen LogP contribution in [0.5, 0.6) is 0 Å². The van der Waals surface area contributed by atoms with Crippen molar-refractivity contribution in [3.63, 3.8) is 0 Å². The Morgan fingerprint density at radius 3 is 2.73 bits per heavy atom. The first kappa shape index (κ1) is 20.9. The first-order valence-corrected chi connectivity index (χ1v) is 8.68. The van der Waals surface area contributed by atoms with Crippen LogP contribution in [0.3, 0.4) is 0 Å². The Labute approximate surface area is 183 Å². The van der Waals surface area contributed by atoms with Crippen LogP contribution in [0.25, 0.3) is 0 Å². The summed E-state index contributed by atoms with van der Waals surface area (Å²) in [5.74, 6) is -1.09. The van der Waals surface area contributed by atoms with Gasteiger partial charge in [0.1, 0.15) is 4.90 Å². The van der Waals surface area contributed by atoms with Gasteiger partial charge in [-0.05, 0) is 30.9 Å².